The van der Waals surface area contributed by atoms with E-state index in [0.29, 0.717) is 0 Å². The number of aliphatic hydroxyl groups excluding tert-OH is 3. The van der Waals surface area contributed by atoms with Crippen LogP contribution in [0.4, 0.5) is 0 Å². The Labute approximate surface area is 97.6 Å². The molecule has 0 aliphatic carbocycles. The van der Waals surface area contributed by atoms with Crippen LogP contribution in [0.3, 0.4) is 0 Å². The lowest BCUT2D eigenvalue weighted by atomic mass is 10.0. The minimum absolute atomic E-state index is 0.256. The number of aliphatic hydroxyl groups is 3. The van der Waals surface area contributed by atoms with Gasteiger partial charge < -0.3 is 35.7 Å². The van der Waals surface area contributed by atoms with Gasteiger partial charge in [-0.2, -0.15) is 0 Å². The molecular formula is C9H17NO7. The lowest BCUT2D eigenvalue weighted by Crippen LogP contribution is -2.53. The molecule has 0 amide bonds. The Morgan fingerprint density at radius 3 is 2.35 bits per heavy atom. The third-order valence-corrected chi connectivity index (χ3v) is 2.16. The first-order valence-corrected chi connectivity index (χ1v) is 4.91. The molecule has 0 rings (SSSR count). The van der Waals surface area contributed by atoms with E-state index in [0.717, 1.165) is 0 Å². The van der Waals surface area contributed by atoms with E-state index in [2.05, 4.69) is 0 Å². The fourth-order valence-corrected chi connectivity index (χ4v) is 1.10. The molecular weight excluding hydrogens is 234 g/mol. The average molecular weight is 251 g/mol. The van der Waals surface area contributed by atoms with E-state index >= 15 is 0 Å². The summed E-state index contributed by atoms with van der Waals surface area (Å²) < 4.78 is 4.87. The molecule has 0 aromatic heterocycles. The first kappa shape index (κ1) is 15.9. The number of nitrogens with two attached hydrogens (primary N) is 1. The Bertz CT molecular complexity index is 260. The van der Waals surface area contributed by atoms with Gasteiger partial charge in [-0.25, -0.2) is 4.79 Å². The fraction of sp³-hybridized carbons (Fsp3) is 0.778. The maximum atomic E-state index is 10.6. The largest absolute Gasteiger partial charge is 0.479 e. The maximum Gasteiger partial charge on any atom is 0.332 e. The Balaban J connectivity index is 4.75. The molecule has 0 aromatic rings. The number of ether oxygens (including phenoxy) is 1. The highest BCUT2D eigenvalue weighted by atomic mass is 16.5. The molecule has 0 radical (unpaired) electrons. The quantitative estimate of drug-likeness (QED) is 0.288. The van der Waals surface area contributed by atoms with E-state index in [9.17, 15) is 19.8 Å². The first-order chi connectivity index (χ1) is 7.84. The van der Waals surface area contributed by atoms with E-state index in [4.69, 9.17) is 20.7 Å². The highest BCUT2D eigenvalue weighted by molar-refractivity contribution is 5.71. The van der Waals surface area contributed by atoms with Gasteiger partial charge >= 0.3 is 5.97 Å². The van der Waals surface area contributed by atoms with Crippen molar-refractivity contribution in [3.63, 3.8) is 0 Å². The summed E-state index contributed by atoms with van der Waals surface area (Å²) in [6, 6.07) is -1.31. The molecule has 6 N–H and O–H groups in total. The van der Waals surface area contributed by atoms with Crippen molar-refractivity contribution in [1.29, 1.82) is 0 Å². The SMILES string of the molecule is CC(OC(C(N)C=O)C(O)C(O)CO)C(=O)O. The molecule has 0 saturated carbocycles. The molecule has 0 aliphatic rings. The number of carboxylic acid groups (broad SMARTS) is 1. The van der Waals surface area contributed by atoms with Gasteiger partial charge in [-0.1, -0.05) is 0 Å². The Morgan fingerprint density at radius 2 is 2.00 bits per heavy atom. The molecule has 0 heterocycles. The second-order valence-electron chi connectivity index (χ2n) is 3.54. The predicted octanol–water partition coefficient (Wildman–Crippen LogP) is -2.91. The van der Waals surface area contributed by atoms with Crippen molar-refractivity contribution in [2.24, 2.45) is 5.73 Å². The molecule has 100 valence electrons. The van der Waals surface area contributed by atoms with Crippen LogP contribution in [0.1, 0.15) is 6.92 Å². The summed E-state index contributed by atoms with van der Waals surface area (Å²) >= 11 is 0. The number of hydrogen-bond donors (Lipinski definition) is 5. The van der Waals surface area contributed by atoms with Crippen molar-refractivity contribution in [3.8, 4) is 0 Å². The minimum atomic E-state index is -1.66. The van der Waals surface area contributed by atoms with Crippen molar-refractivity contribution in [1.82, 2.24) is 0 Å². The number of aliphatic carboxylic acids is 1. The lowest BCUT2D eigenvalue weighted by Gasteiger charge is -2.29. The second-order valence-corrected chi connectivity index (χ2v) is 3.54. The van der Waals surface area contributed by atoms with Crippen molar-refractivity contribution in [2.45, 2.75) is 37.4 Å². The molecule has 8 nitrogen and oxygen atoms in total. The maximum absolute atomic E-state index is 10.6. The fourth-order valence-electron chi connectivity index (χ4n) is 1.10. The summed E-state index contributed by atoms with van der Waals surface area (Å²) in [5.41, 5.74) is 5.32. The van der Waals surface area contributed by atoms with Gasteiger partial charge in [-0.05, 0) is 6.92 Å². The molecule has 8 heteroatoms. The number of hydrogen-bond acceptors (Lipinski definition) is 7. The van der Waals surface area contributed by atoms with Crippen LogP contribution in [-0.2, 0) is 14.3 Å². The molecule has 5 unspecified atom stereocenters. The van der Waals surface area contributed by atoms with Gasteiger partial charge in [-0.15, -0.1) is 0 Å². The van der Waals surface area contributed by atoms with Gasteiger partial charge in [0.1, 0.15) is 24.6 Å². The van der Waals surface area contributed by atoms with E-state index in [1.165, 1.54) is 6.92 Å². The first-order valence-electron chi connectivity index (χ1n) is 4.91. The van der Waals surface area contributed by atoms with E-state index in [-0.39, 0.29) is 6.29 Å². The van der Waals surface area contributed by atoms with Crippen molar-refractivity contribution < 1.29 is 34.8 Å². The summed E-state index contributed by atoms with van der Waals surface area (Å²) in [5, 5.41) is 36.0. The van der Waals surface area contributed by atoms with Crippen LogP contribution in [0.15, 0.2) is 0 Å². The number of carboxylic acids is 1. The molecule has 5 atom stereocenters. The lowest BCUT2D eigenvalue weighted by molar-refractivity contribution is -0.166. The van der Waals surface area contributed by atoms with Gasteiger partial charge in [0.25, 0.3) is 0 Å². The zero-order valence-corrected chi connectivity index (χ0v) is 9.26. The van der Waals surface area contributed by atoms with Crippen molar-refractivity contribution in [3.05, 3.63) is 0 Å². The Morgan fingerprint density at radius 1 is 1.47 bits per heavy atom. The molecule has 0 saturated heterocycles. The number of rotatable bonds is 8. The highest BCUT2D eigenvalue weighted by Gasteiger charge is 2.34. The summed E-state index contributed by atoms with van der Waals surface area (Å²) in [4.78, 5) is 21.1. The van der Waals surface area contributed by atoms with Crippen LogP contribution < -0.4 is 5.73 Å². The summed E-state index contributed by atoms with van der Waals surface area (Å²) in [6.07, 6.45) is -5.71. The third kappa shape index (κ3) is 4.75. The van der Waals surface area contributed by atoms with E-state index in [1.54, 1.807) is 0 Å². The molecule has 0 aromatic carbocycles. The number of carbonyl (C=O) groups excluding carboxylic acids is 1. The minimum Gasteiger partial charge on any atom is -0.479 e. The van der Waals surface area contributed by atoms with Crippen LogP contribution in [0.2, 0.25) is 0 Å². The van der Waals surface area contributed by atoms with Crippen LogP contribution in [0, 0.1) is 0 Å². The number of carbonyl (C=O) groups is 2. The molecule has 0 aliphatic heterocycles. The molecule has 0 bridgehead atoms. The van der Waals surface area contributed by atoms with Gasteiger partial charge in [0, 0.05) is 0 Å². The smallest absolute Gasteiger partial charge is 0.332 e. The summed E-state index contributed by atoms with van der Waals surface area (Å²) in [6.45, 7) is 0.416. The van der Waals surface area contributed by atoms with Gasteiger partial charge in [0.2, 0.25) is 0 Å². The standard InChI is InChI=1S/C9H17NO7/c1-4(9(15)16)17-8(5(10)2-11)7(14)6(13)3-12/h2,4-8,12-14H,3,10H2,1H3,(H,15,16). The van der Waals surface area contributed by atoms with Crippen LogP contribution in [-0.4, -0.2) is 69.7 Å². The zero-order valence-electron chi connectivity index (χ0n) is 9.26. The topological polar surface area (TPSA) is 150 Å². The van der Waals surface area contributed by atoms with E-state index in [1.807, 2.05) is 0 Å². The third-order valence-electron chi connectivity index (χ3n) is 2.16. The molecule has 17 heavy (non-hydrogen) atoms. The van der Waals surface area contributed by atoms with Crippen LogP contribution in [0.25, 0.3) is 0 Å². The van der Waals surface area contributed by atoms with Gasteiger partial charge in [0.15, 0.2) is 6.10 Å². The van der Waals surface area contributed by atoms with Crippen LogP contribution >= 0.6 is 0 Å². The zero-order chi connectivity index (χ0) is 13.6. The predicted molar refractivity (Wildman–Crippen MR) is 55.1 cm³/mol. The van der Waals surface area contributed by atoms with Gasteiger partial charge in [0.05, 0.1) is 12.6 Å². The van der Waals surface area contributed by atoms with Crippen LogP contribution in [0.5, 0.6) is 0 Å². The second kappa shape index (κ2) is 7.30. The Hall–Kier alpha value is -1.06. The summed E-state index contributed by atoms with van der Waals surface area (Å²) in [7, 11) is 0. The monoisotopic (exact) mass is 251 g/mol. The Kier molecular flexibility index (Phi) is 6.85. The molecule has 0 spiro atoms. The number of aldehydes is 1. The van der Waals surface area contributed by atoms with Crippen molar-refractivity contribution >= 4 is 12.3 Å². The average Bonchev–Trinajstić information content (AvgIpc) is 2.32. The van der Waals surface area contributed by atoms with E-state index < -0.39 is 43.0 Å². The van der Waals surface area contributed by atoms with Gasteiger partial charge in [-0.3, -0.25) is 0 Å². The molecule has 0 fully saturated rings. The van der Waals surface area contributed by atoms with Crippen molar-refractivity contribution in [2.75, 3.05) is 6.61 Å². The normalized spacial score (nSPS) is 20.1. The summed E-state index contributed by atoms with van der Waals surface area (Å²) in [5.74, 6) is -1.31. The highest BCUT2D eigenvalue weighted by Crippen LogP contribution is 2.10.